The van der Waals surface area contributed by atoms with E-state index in [9.17, 15) is 36.1 Å². The van der Waals surface area contributed by atoms with Gasteiger partial charge in [-0.3, -0.25) is 10.1 Å². The minimum Gasteiger partial charge on any atom is -0.487 e. The normalized spacial score (nSPS) is 11.8. The number of hydrogen-bond acceptors (Lipinski definition) is 9. The van der Waals surface area contributed by atoms with Gasteiger partial charge in [-0.05, 0) is 35.9 Å². The van der Waals surface area contributed by atoms with E-state index in [1.54, 1.807) is 6.07 Å². The van der Waals surface area contributed by atoms with Crippen molar-refractivity contribution in [3.63, 3.8) is 0 Å². The molecule has 0 unspecified atom stereocenters. The molecule has 0 bridgehead atoms. The summed E-state index contributed by atoms with van der Waals surface area (Å²) in [4.78, 5) is 18.2. The minimum absolute atomic E-state index is 0.00664. The van der Waals surface area contributed by atoms with Crippen molar-refractivity contribution in [3.05, 3.63) is 87.4 Å². The van der Waals surface area contributed by atoms with Crippen LogP contribution in [0.5, 0.6) is 11.5 Å². The number of benzene rings is 3. The van der Waals surface area contributed by atoms with Crippen LogP contribution in [-0.4, -0.2) is 28.8 Å². The first kappa shape index (κ1) is 26.8. The Hall–Kier alpha value is -4.24. The smallest absolute Gasteiger partial charge is 0.487 e. The molecule has 0 amide bonds. The molecule has 1 heterocycles. The summed E-state index contributed by atoms with van der Waals surface area (Å²) >= 11 is 6.27. The summed E-state index contributed by atoms with van der Waals surface area (Å²) in [5.74, 6) is -1.33. The van der Waals surface area contributed by atoms with Crippen molar-refractivity contribution in [3.8, 4) is 11.5 Å². The molecular formula is C22H13ClF4N4O6S. The summed E-state index contributed by atoms with van der Waals surface area (Å²) in [7, 11) is -6.18. The van der Waals surface area contributed by atoms with Crippen LogP contribution in [0.4, 0.5) is 34.8 Å². The molecule has 0 radical (unpaired) electrons. The van der Waals surface area contributed by atoms with Crippen LogP contribution in [0.1, 0.15) is 5.56 Å². The maximum atomic E-state index is 13.3. The lowest BCUT2D eigenvalue weighted by Crippen LogP contribution is -2.28. The third-order valence-electron chi connectivity index (χ3n) is 4.87. The highest BCUT2D eigenvalue weighted by Gasteiger charge is 2.49. The molecule has 1 aromatic heterocycles. The van der Waals surface area contributed by atoms with Gasteiger partial charge in [-0.1, -0.05) is 23.7 Å². The second-order valence-electron chi connectivity index (χ2n) is 7.49. The largest absolute Gasteiger partial charge is 0.534 e. The zero-order valence-electron chi connectivity index (χ0n) is 18.6. The number of nitro groups is 1. The van der Waals surface area contributed by atoms with Gasteiger partial charge >= 0.3 is 21.3 Å². The molecule has 1 N–H and O–H groups in total. The number of nitrogens with zero attached hydrogens (tertiary/aromatic N) is 3. The fraction of sp³-hybridized carbons (Fsp3) is 0.0909. The first-order valence-corrected chi connectivity index (χ1v) is 12.0. The quantitative estimate of drug-likeness (QED) is 0.0902. The lowest BCUT2D eigenvalue weighted by molar-refractivity contribution is -0.385. The Morgan fingerprint density at radius 1 is 1.05 bits per heavy atom. The molecule has 0 aliphatic heterocycles. The van der Waals surface area contributed by atoms with Crippen LogP contribution in [0.25, 0.3) is 10.9 Å². The number of hydrogen-bond donors (Lipinski definition) is 1. The molecule has 3 aromatic carbocycles. The summed E-state index contributed by atoms with van der Waals surface area (Å²) in [5, 5.41) is 14.5. The fourth-order valence-electron chi connectivity index (χ4n) is 3.17. The molecule has 198 valence electrons. The molecule has 0 saturated heterocycles. The average Bonchev–Trinajstić information content (AvgIpc) is 2.82. The molecule has 4 rings (SSSR count). The van der Waals surface area contributed by atoms with E-state index in [0.717, 1.165) is 12.4 Å². The summed E-state index contributed by atoms with van der Waals surface area (Å²) in [6, 6.07) is 11.7. The molecule has 0 saturated carbocycles. The van der Waals surface area contributed by atoms with E-state index >= 15 is 0 Å². The van der Waals surface area contributed by atoms with Crippen molar-refractivity contribution in [2.24, 2.45) is 0 Å². The molecule has 38 heavy (non-hydrogen) atoms. The Balaban J connectivity index is 1.62. The van der Waals surface area contributed by atoms with Crippen molar-refractivity contribution in [1.82, 2.24) is 9.97 Å². The zero-order valence-corrected chi connectivity index (χ0v) is 20.1. The van der Waals surface area contributed by atoms with Crippen molar-refractivity contribution in [2.45, 2.75) is 12.1 Å². The molecule has 10 nitrogen and oxygen atoms in total. The standard InChI is InChI=1S/C22H13ClF4N4O6S/c23-16-7-14(4-5-19(16)36-10-12-2-1-3-13(24)6-12)30-21-15-8-18(31(32)33)20(9-17(15)28-11-29-21)37-38(34,35)22(25,26)27/h1-9,11H,10H2,(H,28,29,30). The molecular weight excluding hydrogens is 560 g/mol. The first-order valence-electron chi connectivity index (χ1n) is 10.2. The molecule has 0 atom stereocenters. The van der Waals surface area contributed by atoms with Crippen molar-refractivity contribution in [1.29, 1.82) is 0 Å². The van der Waals surface area contributed by atoms with Crippen LogP contribution >= 0.6 is 11.6 Å². The van der Waals surface area contributed by atoms with Gasteiger partial charge in [-0.15, -0.1) is 0 Å². The number of alkyl halides is 3. The van der Waals surface area contributed by atoms with Gasteiger partial charge in [-0.2, -0.15) is 21.6 Å². The SMILES string of the molecule is O=[N+]([O-])c1cc2c(Nc3ccc(OCc4cccc(F)c4)c(Cl)c3)ncnc2cc1OS(=O)(=O)C(F)(F)F. The van der Waals surface area contributed by atoms with Gasteiger partial charge in [-0.25, -0.2) is 14.4 Å². The molecule has 0 spiro atoms. The van der Waals surface area contributed by atoms with Crippen LogP contribution in [0.3, 0.4) is 0 Å². The highest BCUT2D eigenvalue weighted by molar-refractivity contribution is 7.88. The Morgan fingerprint density at radius 3 is 2.47 bits per heavy atom. The molecule has 16 heteroatoms. The number of nitro benzene ring substituents is 1. The Morgan fingerprint density at radius 2 is 1.82 bits per heavy atom. The van der Waals surface area contributed by atoms with E-state index in [1.165, 1.54) is 36.4 Å². The molecule has 0 aliphatic carbocycles. The number of anilines is 2. The van der Waals surface area contributed by atoms with Gasteiger partial charge in [0, 0.05) is 17.8 Å². The van der Waals surface area contributed by atoms with E-state index in [2.05, 4.69) is 19.5 Å². The second kappa shape index (κ2) is 10.3. The number of fused-ring (bicyclic) bond motifs is 1. The fourth-order valence-corrected chi connectivity index (χ4v) is 3.87. The van der Waals surface area contributed by atoms with E-state index in [0.29, 0.717) is 17.3 Å². The number of halogens is 5. The highest BCUT2D eigenvalue weighted by Crippen LogP contribution is 2.38. The van der Waals surface area contributed by atoms with Crippen LogP contribution in [0.2, 0.25) is 5.02 Å². The first-order chi connectivity index (χ1) is 17.8. The molecule has 4 aromatic rings. The van der Waals surface area contributed by atoms with Crippen molar-refractivity contribution in [2.75, 3.05) is 5.32 Å². The Labute approximate surface area is 216 Å². The maximum Gasteiger partial charge on any atom is 0.534 e. The predicted molar refractivity (Wildman–Crippen MR) is 127 cm³/mol. The maximum absolute atomic E-state index is 13.3. The topological polar surface area (TPSA) is 134 Å². The minimum atomic E-state index is -6.18. The van der Waals surface area contributed by atoms with E-state index < -0.39 is 37.8 Å². The lowest BCUT2D eigenvalue weighted by atomic mass is 10.2. The summed E-state index contributed by atoms with van der Waals surface area (Å²) in [6.07, 6.45) is 0.997. The van der Waals surface area contributed by atoms with Gasteiger partial charge < -0.3 is 14.2 Å². The lowest BCUT2D eigenvalue weighted by Gasteiger charge is -2.13. The third kappa shape index (κ3) is 5.84. The number of rotatable bonds is 8. The van der Waals surface area contributed by atoms with Crippen LogP contribution in [-0.2, 0) is 16.7 Å². The van der Waals surface area contributed by atoms with Crippen molar-refractivity contribution >= 4 is 49.8 Å². The van der Waals surface area contributed by atoms with Crippen molar-refractivity contribution < 1.29 is 39.8 Å². The third-order valence-corrected chi connectivity index (χ3v) is 6.13. The van der Waals surface area contributed by atoms with Crippen LogP contribution in [0.15, 0.2) is 60.9 Å². The summed E-state index contributed by atoms with van der Waals surface area (Å²) < 4.78 is 83.9. The number of aromatic nitrogens is 2. The van der Waals surface area contributed by atoms with Gasteiger partial charge in [0.25, 0.3) is 0 Å². The van der Waals surface area contributed by atoms with Gasteiger partial charge in [0.05, 0.1) is 20.8 Å². The van der Waals surface area contributed by atoms with Gasteiger partial charge in [0.2, 0.25) is 5.75 Å². The molecule has 0 fully saturated rings. The average molecular weight is 573 g/mol. The Bertz CT molecular complexity index is 1650. The Kier molecular flexibility index (Phi) is 7.24. The van der Waals surface area contributed by atoms with E-state index in [4.69, 9.17) is 16.3 Å². The molecule has 0 aliphatic rings. The highest BCUT2D eigenvalue weighted by atomic mass is 35.5. The van der Waals surface area contributed by atoms with Gasteiger partial charge in [0.1, 0.15) is 30.3 Å². The monoisotopic (exact) mass is 572 g/mol. The van der Waals surface area contributed by atoms with E-state index in [1.807, 2.05) is 0 Å². The number of nitrogens with one attached hydrogen (secondary N) is 1. The predicted octanol–water partition coefficient (Wildman–Crippen LogP) is 5.88. The summed E-state index contributed by atoms with van der Waals surface area (Å²) in [6.45, 7) is 0.0406. The number of ether oxygens (including phenoxy) is 1. The van der Waals surface area contributed by atoms with Crippen LogP contribution in [0, 0.1) is 15.9 Å². The summed E-state index contributed by atoms with van der Waals surface area (Å²) in [5.41, 5.74) is -6.11. The van der Waals surface area contributed by atoms with Crippen LogP contribution < -0.4 is 14.2 Å². The van der Waals surface area contributed by atoms with E-state index in [-0.39, 0.29) is 34.1 Å². The van der Waals surface area contributed by atoms with Gasteiger partial charge in [0.15, 0.2) is 0 Å². The second-order valence-corrected chi connectivity index (χ2v) is 9.43. The zero-order chi connectivity index (χ0) is 27.7.